The van der Waals surface area contributed by atoms with E-state index in [2.05, 4.69) is 5.32 Å². The Morgan fingerprint density at radius 1 is 1.25 bits per heavy atom. The summed E-state index contributed by atoms with van der Waals surface area (Å²) >= 11 is 5.81. The number of benzene rings is 1. The molecule has 0 aliphatic rings. The van der Waals surface area contributed by atoms with Gasteiger partial charge in [-0.1, -0.05) is 37.6 Å². The van der Waals surface area contributed by atoms with E-state index in [1.807, 2.05) is 13.8 Å². The van der Waals surface area contributed by atoms with Gasteiger partial charge >= 0.3 is 5.97 Å². The number of halogens is 1. The molecule has 3 N–H and O–H groups in total. The number of amides is 1. The standard InChI is InChI=1S/C14H18ClNO4/c1-8(2)12(9-3-5-10(15)6-4-9)13(18)16-7-11(17)14(19)20/h3-6,8,11-12,17H,7H2,1-2H3,(H,16,18)(H,19,20)/t11-,12?/m0/s1. The molecule has 1 aromatic carbocycles. The number of carboxylic acids is 1. The molecule has 0 fully saturated rings. The molecule has 1 rings (SSSR count). The molecule has 0 saturated carbocycles. The van der Waals surface area contributed by atoms with Gasteiger partial charge in [-0.2, -0.15) is 0 Å². The van der Waals surface area contributed by atoms with E-state index in [1.165, 1.54) is 0 Å². The Hall–Kier alpha value is -1.59. The average molecular weight is 300 g/mol. The molecule has 0 aromatic heterocycles. The van der Waals surface area contributed by atoms with Crippen molar-refractivity contribution in [3.05, 3.63) is 34.9 Å². The summed E-state index contributed by atoms with van der Waals surface area (Å²) < 4.78 is 0. The van der Waals surface area contributed by atoms with Crippen LogP contribution >= 0.6 is 11.6 Å². The van der Waals surface area contributed by atoms with Gasteiger partial charge in [0, 0.05) is 5.02 Å². The summed E-state index contributed by atoms with van der Waals surface area (Å²) in [4.78, 5) is 22.7. The number of carboxylic acid groups (broad SMARTS) is 1. The molecule has 0 aliphatic heterocycles. The Morgan fingerprint density at radius 2 is 1.80 bits per heavy atom. The minimum Gasteiger partial charge on any atom is -0.479 e. The zero-order valence-corrected chi connectivity index (χ0v) is 12.1. The molecule has 0 spiro atoms. The van der Waals surface area contributed by atoms with Gasteiger partial charge < -0.3 is 15.5 Å². The minimum absolute atomic E-state index is 0.0261. The highest BCUT2D eigenvalue weighted by molar-refractivity contribution is 6.30. The van der Waals surface area contributed by atoms with Crippen LogP contribution in [0.5, 0.6) is 0 Å². The van der Waals surface area contributed by atoms with E-state index in [4.69, 9.17) is 16.7 Å². The van der Waals surface area contributed by atoms with Gasteiger partial charge in [0.25, 0.3) is 0 Å². The van der Waals surface area contributed by atoms with Crippen LogP contribution < -0.4 is 5.32 Å². The molecular weight excluding hydrogens is 282 g/mol. The Kier molecular flexibility index (Phi) is 5.98. The van der Waals surface area contributed by atoms with Gasteiger partial charge in [0.05, 0.1) is 12.5 Å². The molecule has 6 heteroatoms. The fraction of sp³-hybridized carbons (Fsp3) is 0.429. The van der Waals surface area contributed by atoms with Crippen molar-refractivity contribution >= 4 is 23.5 Å². The number of aliphatic hydroxyl groups excluding tert-OH is 1. The molecule has 5 nitrogen and oxygen atoms in total. The van der Waals surface area contributed by atoms with E-state index in [0.29, 0.717) is 5.02 Å². The molecule has 0 radical (unpaired) electrons. The van der Waals surface area contributed by atoms with Gasteiger partial charge in [-0.05, 0) is 23.6 Å². The predicted octanol–water partition coefficient (Wildman–Crippen LogP) is 1.64. The summed E-state index contributed by atoms with van der Waals surface area (Å²) in [7, 11) is 0. The highest BCUT2D eigenvalue weighted by atomic mass is 35.5. The highest BCUT2D eigenvalue weighted by Crippen LogP contribution is 2.25. The zero-order valence-electron chi connectivity index (χ0n) is 11.3. The number of nitrogens with one attached hydrogen (secondary N) is 1. The van der Waals surface area contributed by atoms with E-state index in [0.717, 1.165) is 5.56 Å². The van der Waals surface area contributed by atoms with Crippen molar-refractivity contribution in [2.24, 2.45) is 5.92 Å². The lowest BCUT2D eigenvalue weighted by atomic mass is 9.87. The normalized spacial score (nSPS) is 13.8. The van der Waals surface area contributed by atoms with Crippen LogP contribution in [0, 0.1) is 5.92 Å². The number of hydrogen-bond acceptors (Lipinski definition) is 3. The van der Waals surface area contributed by atoms with Crippen LogP contribution in [0.2, 0.25) is 5.02 Å². The number of aliphatic carboxylic acids is 1. The van der Waals surface area contributed by atoms with Gasteiger partial charge in [0.2, 0.25) is 5.91 Å². The third-order valence-corrected chi connectivity index (χ3v) is 3.18. The van der Waals surface area contributed by atoms with E-state index >= 15 is 0 Å². The van der Waals surface area contributed by atoms with Crippen LogP contribution in [-0.2, 0) is 9.59 Å². The molecule has 2 atom stereocenters. The van der Waals surface area contributed by atoms with E-state index in [-0.39, 0.29) is 18.4 Å². The van der Waals surface area contributed by atoms with Crippen molar-refractivity contribution in [1.29, 1.82) is 0 Å². The second kappa shape index (κ2) is 7.26. The Labute approximate surface area is 122 Å². The average Bonchev–Trinajstić information content (AvgIpc) is 2.38. The van der Waals surface area contributed by atoms with E-state index in [9.17, 15) is 14.7 Å². The van der Waals surface area contributed by atoms with Crippen molar-refractivity contribution in [3.63, 3.8) is 0 Å². The molecule has 20 heavy (non-hydrogen) atoms. The molecule has 110 valence electrons. The van der Waals surface area contributed by atoms with E-state index in [1.54, 1.807) is 24.3 Å². The summed E-state index contributed by atoms with van der Waals surface area (Å²) in [5.41, 5.74) is 0.798. The van der Waals surface area contributed by atoms with Crippen molar-refractivity contribution in [2.75, 3.05) is 6.54 Å². The first-order chi connectivity index (χ1) is 9.32. The molecule has 0 heterocycles. The first kappa shape index (κ1) is 16.5. The van der Waals surface area contributed by atoms with Gasteiger partial charge in [0.1, 0.15) is 0 Å². The predicted molar refractivity (Wildman–Crippen MR) is 75.7 cm³/mol. The van der Waals surface area contributed by atoms with Crippen molar-refractivity contribution in [1.82, 2.24) is 5.32 Å². The van der Waals surface area contributed by atoms with Crippen LogP contribution in [0.25, 0.3) is 0 Å². The lowest BCUT2D eigenvalue weighted by Crippen LogP contribution is -2.39. The molecular formula is C14H18ClNO4. The molecule has 1 amide bonds. The summed E-state index contributed by atoms with van der Waals surface area (Å²) in [6, 6.07) is 6.93. The highest BCUT2D eigenvalue weighted by Gasteiger charge is 2.25. The second-order valence-corrected chi connectivity index (χ2v) is 5.31. The van der Waals surface area contributed by atoms with Gasteiger partial charge in [-0.25, -0.2) is 4.79 Å². The van der Waals surface area contributed by atoms with E-state index < -0.39 is 18.0 Å². The minimum atomic E-state index is -1.60. The van der Waals surface area contributed by atoms with Crippen LogP contribution in [0.4, 0.5) is 0 Å². The maximum Gasteiger partial charge on any atom is 0.334 e. The zero-order chi connectivity index (χ0) is 15.3. The molecule has 0 bridgehead atoms. The SMILES string of the molecule is CC(C)C(C(=O)NC[C@H](O)C(=O)O)c1ccc(Cl)cc1. The molecule has 0 saturated heterocycles. The van der Waals surface area contributed by atoms with Crippen LogP contribution in [-0.4, -0.2) is 34.7 Å². The first-order valence-corrected chi connectivity index (χ1v) is 6.64. The van der Waals surface area contributed by atoms with Crippen molar-refractivity contribution in [3.8, 4) is 0 Å². The van der Waals surface area contributed by atoms with Crippen molar-refractivity contribution in [2.45, 2.75) is 25.9 Å². The molecule has 1 unspecified atom stereocenters. The number of carbonyl (C=O) groups excluding carboxylic acids is 1. The summed E-state index contributed by atoms with van der Waals surface area (Å²) in [6.45, 7) is 3.48. The third-order valence-electron chi connectivity index (χ3n) is 2.93. The smallest absolute Gasteiger partial charge is 0.334 e. The van der Waals surface area contributed by atoms with Crippen LogP contribution in [0.1, 0.15) is 25.3 Å². The Balaban J connectivity index is 2.78. The largest absolute Gasteiger partial charge is 0.479 e. The van der Waals surface area contributed by atoms with Gasteiger partial charge in [-0.3, -0.25) is 4.79 Å². The molecule has 1 aromatic rings. The lowest BCUT2D eigenvalue weighted by molar-refractivity contribution is -0.146. The summed E-state index contributed by atoms with van der Waals surface area (Å²) in [5.74, 6) is -2.08. The number of aliphatic hydroxyl groups is 1. The van der Waals surface area contributed by atoms with Gasteiger partial charge in [-0.15, -0.1) is 0 Å². The monoisotopic (exact) mass is 299 g/mol. The topological polar surface area (TPSA) is 86.6 Å². The van der Waals surface area contributed by atoms with Crippen LogP contribution in [0.15, 0.2) is 24.3 Å². The second-order valence-electron chi connectivity index (χ2n) is 4.87. The third kappa shape index (κ3) is 4.51. The maximum absolute atomic E-state index is 12.1. The first-order valence-electron chi connectivity index (χ1n) is 6.27. The van der Waals surface area contributed by atoms with Gasteiger partial charge in [0.15, 0.2) is 6.10 Å². The fourth-order valence-electron chi connectivity index (χ4n) is 1.90. The van der Waals surface area contributed by atoms with Crippen LogP contribution in [0.3, 0.4) is 0 Å². The quantitative estimate of drug-likeness (QED) is 0.745. The molecule has 0 aliphatic carbocycles. The number of hydrogen-bond donors (Lipinski definition) is 3. The summed E-state index contributed by atoms with van der Waals surface area (Å²) in [6.07, 6.45) is -1.60. The number of rotatable bonds is 6. The summed E-state index contributed by atoms with van der Waals surface area (Å²) in [5, 5.41) is 20.8. The lowest BCUT2D eigenvalue weighted by Gasteiger charge is -2.21. The Morgan fingerprint density at radius 3 is 2.25 bits per heavy atom. The fourth-order valence-corrected chi connectivity index (χ4v) is 2.03. The van der Waals surface area contributed by atoms with Crippen molar-refractivity contribution < 1.29 is 19.8 Å². The number of carbonyl (C=O) groups is 2. The Bertz CT molecular complexity index is 473. The maximum atomic E-state index is 12.1.